The van der Waals surface area contributed by atoms with Crippen molar-refractivity contribution in [2.75, 3.05) is 13.1 Å². The van der Waals surface area contributed by atoms with Crippen molar-refractivity contribution in [1.29, 1.82) is 0 Å². The van der Waals surface area contributed by atoms with Crippen molar-refractivity contribution < 1.29 is 17.6 Å². The van der Waals surface area contributed by atoms with Crippen LogP contribution in [0.15, 0.2) is 29.2 Å². The van der Waals surface area contributed by atoms with Gasteiger partial charge in [0.05, 0.1) is 10.8 Å². The number of nitrogens with zero attached hydrogens (tertiary/aromatic N) is 1. The molecule has 1 aromatic carbocycles. The van der Waals surface area contributed by atoms with Crippen LogP contribution in [0.1, 0.15) is 45.4 Å². The molecule has 0 radical (unpaired) electrons. The van der Waals surface area contributed by atoms with E-state index in [4.69, 9.17) is 5.73 Å². The van der Waals surface area contributed by atoms with Crippen LogP contribution in [0.4, 0.5) is 4.39 Å². The van der Waals surface area contributed by atoms with Gasteiger partial charge >= 0.3 is 0 Å². The molecule has 158 valence electrons. The molecule has 1 aromatic rings. The van der Waals surface area contributed by atoms with Crippen LogP contribution in [0, 0.1) is 11.7 Å². The van der Waals surface area contributed by atoms with Crippen LogP contribution in [0.25, 0.3) is 0 Å². The Hall–Kier alpha value is -1.22. The Morgan fingerprint density at radius 3 is 2.36 bits per heavy atom. The topological polar surface area (TPSA) is 92.5 Å². The molecule has 1 amide bonds. The van der Waals surface area contributed by atoms with Gasteiger partial charge in [0.2, 0.25) is 15.9 Å². The summed E-state index contributed by atoms with van der Waals surface area (Å²) in [7, 11) is -3.69. The summed E-state index contributed by atoms with van der Waals surface area (Å²) < 4.78 is 40.5. The summed E-state index contributed by atoms with van der Waals surface area (Å²) in [5, 5.41) is 0. The summed E-state index contributed by atoms with van der Waals surface area (Å²) in [4.78, 5) is 14.8. The van der Waals surface area contributed by atoms with E-state index in [0.29, 0.717) is 25.9 Å². The standard InChI is InChI=1S/C19H28FN3O3S.ClH/c1-19(21)11-3-2-4-17(19)18(24)23-12-9-15(10-13-23)22-27(25,26)16-7-5-14(20)6-8-16;/h5-8,15,17,22H,2-4,9-13,21H2,1H3;1H. The number of hydrogen-bond acceptors (Lipinski definition) is 4. The van der Waals surface area contributed by atoms with Crippen LogP contribution in [-0.2, 0) is 14.8 Å². The van der Waals surface area contributed by atoms with E-state index in [9.17, 15) is 17.6 Å². The lowest BCUT2D eigenvalue weighted by molar-refractivity contribution is -0.140. The first kappa shape index (κ1) is 23.1. The van der Waals surface area contributed by atoms with E-state index < -0.39 is 21.4 Å². The van der Waals surface area contributed by atoms with E-state index in [0.717, 1.165) is 37.8 Å². The molecule has 1 heterocycles. The van der Waals surface area contributed by atoms with Gasteiger partial charge in [0.1, 0.15) is 5.82 Å². The molecule has 2 fully saturated rings. The number of nitrogens with two attached hydrogens (primary N) is 1. The largest absolute Gasteiger partial charge is 0.342 e. The summed E-state index contributed by atoms with van der Waals surface area (Å²) in [5.41, 5.74) is 5.89. The quantitative estimate of drug-likeness (QED) is 0.762. The molecule has 6 nitrogen and oxygen atoms in total. The van der Waals surface area contributed by atoms with Crippen LogP contribution >= 0.6 is 12.4 Å². The summed E-state index contributed by atoms with van der Waals surface area (Å²) in [6.07, 6.45) is 4.88. The Kier molecular flexibility index (Phi) is 7.47. The molecule has 1 aliphatic heterocycles. The van der Waals surface area contributed by atoms with E-state index >= 15 is 0 Å². The zero-order valence-electron chi connectivity index (χ0n) is 16.1. The van der Waals surface area contributed by atoms with Gasteiger partial charge in [-0.3, -0.25) is 4.79 Å². The second-order valence-corrected chi connectivity index (χ2v) is 9.69. The molecule has 0 bridgehead atoms. The second-order valence-electron chi connectivity index (χ2n) is 7.98. The Morgan fingerprint density at radius 2 is 1.79 bits per heavy atom. The minimum atomic E-state index is -3.69. The van der Waals surface area contributed by atoms with Gasteiger partial charge in [0.15, 0.2) is 0 Å². The molecular formula is C19H29ClFN3O3S. The van der Waals surface area contributed by atoms with Gasteiger partial charge in [-0.05, 0) is 56.9 Å². The van der Waals surface area contributed by atoms with Gasteiger partial charge in [0.25, 0.3) is 0 Å². The average molecular weight is 434 g/mol. The molecule has 3 N–H and O–H groups in total. The SMILES string of the molecule is CC1(N)CCCCC1C(=O)N1CCC(NS(=O)(=O)c2ccc(F)cc2)CC1.Cl. The monoisotopic (exact) mass is 433 g/mol. The number of benzene rings is 1. The molecule has 0 aromatic heterocycles. The number of hydrogen-bond donors (Lipinski definition) is 2. The fourth-order valence-corrected chi connectivity index (χ4v) is 5.41. The Morgan fingerprint density at radius 1 is 1.18 bits per heavy atom. The molecule has 2 atom stereocenters. The average Bonchev–Trinajstić information content (AvgIpc) is 2.61. The number of likely N-dealkylation sites (tertiary alicyclic amines) is 1. The molecular weight excluding hydrogens is 405 g/mol. The molecule has 9 heteroatoms. The molecule has 1 saturated carbocycles. The van der Waals surface area contributed by atoms with Crippen LogP contribution in [-0.4, -0.2) is 43.9 Å². The van der Waals surface area contributed by atoms with Gasteiger partial charge in [-0.1, -0.05) is 12.8 Å². The van der Waals surface area contributed by atoms with Crippen LogP contribution < -0.4 is 10.5 Å². The maximum atomic E-state index is 13.0. The van der Waals surface area contributed by atoms with E-state index in [1.807, 2.05) is 11.8 Å². The lowest BCUT2D eigenvalue weighted by atomic mass is 9.74. The van der Waals surface area contributed by atoms with Crippen molar-refractivity contribution in [1.82, 2.24) is 9.62 Å². The van der Waals surface area contributed by atoms with Crippen molar-refractivity contribution in [3.8, 4) is 0 Å². The Labute approximate surface area is 172 Å². The molecule has 0 spiro atoms. The first-order valence-corrected chi connectivity index (χ1v) is 11.0. The normalized spacial score (nSPS) is 26.5. The third kappa shape index (κ3) is 5.23. The number of rotatable bonds is 4. The summed E-state index contributed by atoms with van der Waals surface area (Å²) >= 11 is 0. The molecule has 28 heavy (non-hydrogen) atoms. The van der Waals surface area contributed by atoms with Crippen LogP contribution in [0.5, 0.6) is 0 Å². The van der Waals surface area contributed by atoms with E-state index in [1.165, 1.54) is 12.1 Å². The number of piperidine rings is 1. The van der Waals surface area contributed by atoms with Gasteiger partial charge in [-0.2, -0.15) is 0 Å². The van der Waals surface area contributed by atoms with Crippen molar-refractivity contribution in [3.05, 3.63) is 30.1 Å². The van der Waals surface area contributed by atoms with Gasteiger partial charge in [-0.25, -0.2) is 17.5 Å². The minimum Gasteiger partial charge on any atom is -0.342 e. The maximum Gasteiger partial charge on any atom is 0.240 e. The molecule has 3 rings (SSSR count). The number of nitrogens with one attached hydrogen (secondary N) is 1. The summed E-state index contributed by atoms with van der Waals surface area (Å²) in [5.74, 6) is -0.534. The van der Waals surface area contributed by atoms with Gasteiger partial charge in [0, 0.05) is 24.7 Å². The first-order valence-electron chi connectivity index (χ1n) is 9.55. The number of amides is 1. The third-order valence-corrected chi connectivity index (χ3v) is 7.34. The van der Waals surface area contributed by atoms with E-state index in [1.54, 1.807) is 0 Å². The number of halogens is 2. The van der Waals surface area contributed by atoms with E-state index in [-0.39, 0.29) is 35.2 Å². The molecule has 1 aliphatic carbocycles. The molecule has 2 aliphatic rings. The Balaban J connectivity index is 0.00000280. The summed E-state index contributed by atoms with van der Waals surface area (Å²) in [6.45, 7) is 2.99. The molecule has 2 unspecified atom stereocenters. The predicted molar refractivity (Wildman–Crippen MR) is 108 cm³/mol. The fraction of sp³-hybridized carbons (Fsp3) is 0.632. The fourth-order valence-electron chi connectivity index (χ4n) is 4.10. The third-order valence-electron chi connectivity index (χ3n) is 5.80. The van der Waals surface area contributed by atoms with Gasteiger partial charge in [-0.15, -0.1) is 12.4 Å². The molecule has 1 saturated heterocycles. The minimum absolute atomic E-state index is 0. The van der Waals surface area contributed by atoms with Crippen molar-refractivity contribution >= 4 is 28.3 Å². The zero-order valence-corrected chi connectivity index (χ0v) is 17.7. The highest BCUT2D eigenvalue weighted by atomic mass is 35.5. The maximum absolute atomic E-state index is 13.0. The van der Waals surface area contributed by atoms with Crippen molar-refractivity contribution in [2.45, 2.75) is 61.9 Å². The van der Waals surface area contributed by atoms with Crippen LogP contribution in [0.3, 0.4) is 0 Å². The van der Waals surface area contributed by atoms with Crippen molar-refractivity contribution in [3.63, 3.8) is 0 Å². The van der Waals surface area contributed by atoms with Crippen molar-refractivity contribution in [2.24, 2.45) is 11.7 Å². The highest BCUT2D eigenvalue weighted by molar-refractivity contribution is 7.89. The second kappa shape index (κ2) is 9.07. The lowest BCUT2D eigenvalue weighted by Crippen LogP contribution is -2.56. The smallest absolute Gasteiger partial charge is 0.240 e. The number of carbonyl (C=O) groups is 1. The Bertz CT molecular complexity index is 778. The van der Waals surface area contributed by atoms with Gasteiger partial charge < -0.3 is 10.6 Å². The summed E-state index contributed by atoms with van der Waals surface area (Å²) in [6, 6.07) is 4.52. The lowest BCUT2D eigenvalue weighted by Gasteiger charge is -2.41. The zero-order chi connectivity index (χ0) is 19.7. The highest BCUT2D eigenvalue weighted by Crippen LogP contribution is 2.33. The predicted octanol–water partition coefficient (Wildman–Crippen LogP) is 2.42. The highest BCUT2D eigenvalue weighted by Gasteiger charge is 2.40. The van der Waals surface area contributed by atoms with E-state index in [2.05, 4.69) is 4.72 Å². The first-order chi connectivity index (χ1) is 12.7. The number of carbonyl (C=O) groups excluding carboxylic acids is 1. The van der Waals surface area contributed by atoms with Crippen LogP contribution in [0.2, 0.25) is 0 Å². The number of sulfonamides is 1.